The summed E-state index contributed by atoms with van der Waals surface area (Å²) in [6.45, 7) is 7.49. The highest BCUT2D eigenvalue weighted by molar-refractivity contribution is 5.77. The number of ether oxygens (including phenoxy) is 1. The lowest BCUT2D eigenvalue weighted by Crippen LogP contribution is -2.28. The van der Waals surface area contributed by atoms with Crippen LogP contribution in [0.4, 0.5) is 0 Å². The average molecular weight is 365 g/mol. The molecule has 0 spiro atoms. The summed E-state index contributed by atoms with van der Waals surface area (Å²) >= 11 is 0. The first-order chi connectivity index (χ1) is 12.9. The Morgan fingerprint density at radius 1 is 1.11 bits per heavy atom. The van der Waals surface area contributed by atoms with E-state index in [9.17, 15) is 4.79 Å². The van der Waals surface area contributed by atoms with Crippen LogP contribution in [0, 0.1) is 0 Å². The van der Waals surface area contributed by atoms with E-state index in [-0.39, 0.29) is 11.3 Å². The highest BCUT2D eigenvalue weighted by Gasteiger charge is 2.13. The maximum Gasteiger partial charge on any atom is 0.220 e. The van der Waals surface area contributed by atoms with Crippen LogP contribution in [0.1, 0.15) is 38.6 Å². The lowest BCUT2D eigenvalue weighted by Gasteiger charge is -2.19. The Morgan fingerprint density at radius 3 is 2.56 bits per heavy atom. The molecule has 0 fully saturated rings. The second kappa shape index (κ2) is 8.25. The zero-order chi connectivity index (χ0) is 19.3. The Morgan fingerprint density at radius 2 is 1.85 bits per heavy atom. The van der Waals surface area contributed by atoms with Crippen LogP contribution < -0.4 is 10.1 Å². The number of rotatable bonds is 7. The number of aromatic amines is 1. The average Bonchev–Trinajstić information content (AvgIpc) is 3.06. The minimum absolute atomic E-state index is 0.00198. The third kappa shape index (κ3) is 5.33. The number of para-hydroxylation sites is 2. The molecule has 0 unspecified atom stereocenters. The smallest absolute Gasteiger partial charge is 0.220 e. The molecular formula is C22H27N3O2. The van der Waals surface area contributed by atoms with Crippen LogP contribution in [-0.2, 0) is 16.6 Å². The molecule has 0 radical (unpaired) electrons. The number of fused-ring (bicyclic) bond motifs is 1. The minimum Gasteiger partial charge on any atom is -0.492 e. The van der Waals surface area contributed by atoms with E-state index in [0.717, 1.165) is 22.6 Å². The van der Waals surface area contributed by atoms with Crippen molar-refractivity contribution in [3.63, 3.8) is 0 Å². The third-order valence-electron chi connectivity index (χ3n) is 4.44. The van der Waals surface area contributed by atoms with Gasteiger partial charge in [0.15, 0.2) is 0 Å². The van der Waals surface area contributed by atoms with Gasteiger partial charge in [0.25, 0.3) is 0 Å². The standard InChI is InChI=1S/C22H27N3O2/c1-22(2,3)16-8-10-17(11-9-16)27-15-14-23-21(26)13-12-20-24-18-6-4-5-7-19(18)25-20/h4-11H,12-15H2,1-3H3,(H,23,26)(H,24,25). The molecule has 142 valence electrons. The van der Waals surface area contributed by atoms with Crippen LogP contribution in [0.25, 0.3) is 11.0 Å². The third-order valence-corrected chi connectivity index (χ3v) is 4.44. The molecule has 1 aromatic heterocycles. The fourth-order valence-electron chi connectivity index (χ4n) is 2.85. The molecular weight excluding hydrogens is 338 g/mol. The van der Waals surface area contributed by atoms with E-state index < -0.39 is 0 Å². The molecule has 1 heterocycles. The van der Waals surface area contributed by atoms with Crippen molar-refractivity contribution in [2.45, 2.75) is 39.0 Å². The summed E-state index contributed by atoms with van der Waals surface area (Å²) in [5, 5.41) is 2.89. The summed E-state index contributed by atoms with van der Waals surface area (Å²) in [6.07, 6.45) is 0.996. The fraction of sp³-hybridized carbons (Fsp3) is 0.364. The number of hydrogen-bond donors (Lipinski definition) is 2. The number of amides is 1. The Bertz CT molecular complexity index is 859. The molecule has 0 aliphatic heterocycles. The first-order valence-corrected chi connectivity index (χ1v) is 9.35. The number of nitrogens with one attached hydrogen (secondary N) is 2. The van der Waals surface area contributed by atoms with Crippen molar-refractivity contribution in [1.29, 1.82) is 0 Å². The maximum atomic E-state index is 12.0. The van der Waals surface area contributed by atoms with Crippen molar-refractivity contribution in [3.05, 3.63) is 59.9 Å². The summed E-state index contributed by atoms with van der Waals surface area (Å²) in [5.41, 5.74) is 3.33. The Kier molecular flexibility index (Phi) is 5.79. The van der Waals surface area contributed by atoms with Gasteiger partial charge in [-0.2, -0.15) is 0 Å². The van der Waals surface area contributed by atoms with Gasteiger partial charge in [-0.1, -0.05) is 45.0 Å². The monoisotopic (exact) mass is 365 g/mol. The van der Waals surface area contributed by atoms with Gasteiger partial charge in [0.2, 0.25) is 5.91 Å². The van der Waals surface area contributed by atoms with Crippen molar-refractivity contribution in [2.24, 2.45) is 0 Å². The van der Waals surface area contributed by atoms with Crippen LogP contribution in [0.15, 0.2) is 48.5 Å². The molecule has 2 N–H and O–H groups in total. The highest BCUT2D eigenvalue weighted by Crippen LogP contribution is 2.24. The van der Waals surface area contributed by atoms with Crippen LogP contribution in [0.5, 0.6) is 5.75 Å². The summed E-state index contributed by atoms with van der Waals surface area (Å²) in [6, 6.07) is 16.0. The summed E-state index contributed by atoms with van der Waals surface area (Å²) in [5.74, 6) is 1.66. The van der Waals surface area contributed by atoms with Crippen LogP contribution >= 0.6 is 0 Å². The molecule has 2 aromatic carbocycles. The molecule has 0 saturated carbocycles. The van der Waals surface area contributed by atoms with E-state index in [0.29, 0.717) is 26.0 Å². The predicted molar refractivity (Wildman–Crippen MR) is 108 cm³/mol. The van der Waals surface area contributed by atoms with E-state index >= 15 is 0 Å². The van der Waals surface area contributed by atoms with Gasteiger partial charge < -0.3 is 15.0 Å². The Labute approximate surface area is 160 Å². The van der Waals surface area contributed by atoms with Gasteiger partial charge in [0, 0.05) is 12.8 Å². The van der Waals surface area contributed by atoms with Gasteiger partial charge in [-0.25, -0.2) is 4.98 Å². The van der Waals surface area contributed by atoms with Crippen molar-refractivity contribution < 1.29 is 9.53 Å². The van der Waals surface area contributed by atoms with E-state index in [1.54, 1.807) is 0 Å². The summed E-state index contributed by atoms with van der Waals surface area (Å²) in [7, 11) is 0. The normalized spacial score (nSPS) is 11.5. The van der Waals surface area contributed by atoms with E-state index in [1.807, 2.05) is 36.4 Å². The molecule has 5 heteroatoms. The van der Waals surface area contributed by atoms with E-state index in [1.165, 1.54) is 5.56 Å². The number of imidazole rings is 1. The summed E-state index contributed by atoms with van der Waals surface area (Å²) in [4.78, 5) is 19.7. The Balaban J connectivity index is 1.37. The number of carbonyl (C=O) groups excluding carboxylic acids is 1. The Hall–Kier alpha value is -2.82. The minimum atomic E-state index is 0.00198. The number of aryl methyl sites for hydroxylation is 1. The lowest BCUT2D eigenvalue weighted by atomic mass is 9.87. The van der Waals surface area contributed by atoms with Crippen LogP contribution in [0.3, 0.4) is 0 Å². The first kappa shape index (κ1) is 19.0. The topological polar surface area (TPSA) is 67.0 Å². The summed E-state index contributed by atoms with van der Waals surface area (Å²) < 4.78 is 5.69. The second-order valence-electron chi connectivity index (χ2n) is 7.67. The van der Waals surface area contributed by atoms with E-state index in [4.69, 9.17) is 4.74 Å². The molecule has 0 saturated heterocycles. The van der Waals surface area contributed by atoms with Crippen LogP contribution in [0.2, 0.25) is 0 Å². The van der Waals surface area contributed by atoms with Crippen molar-refractivity contribution >= 4 is 16.9 Å². The molecule has 27 heavy (non-hydrogen) atoms. The number of aromatic nitrogens is 2. The van der Waals surface area contributed by atoms with Gasteiger partial charge in [-0.15, -0.1) is 0 Å². The molecule has 3 aromatic rings. The van der Waals surface area contributed by atoms with Gasteiger partial charge >= 0.3 is 0 Å². The number of hydrogen-bond acceptors (Lipinski definition) is 3. The van der Waals surface area contributed by atoms with E-state index in [2.05, 4.69) is 48.2 Å². The zero-order valence-corrected chi connectivity index (χ0v) is 16.2. The SMILES string of the molecule is CC(C)(C)c1ccc(OCCNC(=O)CCc2nc3ccccc3[nH]2)cc1. The van der Waals surface area contributed by atoms with Gasteiger partial charge in [-0.3, -0.25) is 4.79 Å². The molecule has 0 bridgehead atoms. The fourth-order valence-corrected chi connectivity index (χ4v) is 2.85. The predicted octanol–water partition coefficient (Wildman–Crippen LogP) is 3.99. The second-order valence-corrected chi connectivity index (χ2v) is 7.67. The largest absolute Gasteiger partial charge is 0.492 e. The lowest BCUT2D eigenvalue weighted by molar-refractivity contribution is -0.121. The first-order valence-electron chi connectivity index (χ1n) is 9.35. The molecule has 0 aliphatic carbocycles. The highest BCUT2D eigenvalue weighted by atomic mass is 16.5. The number of benzene rings is 2. The molecule has 0 atom stereocenters. The van der Waals surface area contributed by atoms with Crippen molar-refractivity contribution in [3.8, 4) is 5.75 Å². The quantitative estimate of drug-likeness (QED) is 0.622. The maximum absolute atomic E-state index is 12.0. The molecule has 1 amide bonds. The molecule has 0 aliphatic rings. The van der Waals surface area contributed by atoms with Gasteiger partial charge in [-0.05, 0) is 35.2 Å². The van der Waals surface area contributed by atoms with Crippen molar-refractivity contribution in [1.82, 2.24) is 15.3 Å². The van der Waals surface area contributed by atoms with Gasteiger partial charge in [0.05, 0.1) is 17.6 Å². The molecule has 3 rings (SSSR count). The number of nitrogens with zero attached hydrogens (tertiary/aromatic N) is 1. The van der Waals surface area contributed by atoms with Crippen LogP contribution in [-0.4, -0.2) is 29.0 Å². The number of H-pyrrole nitrogens is 1. The van der Waals surface area contributed by atoms with Crippen molar-refractivity contribution in [2.75, 3.05) is 13.2 Å². The number of carbonyl (C=O) groups is 1. The molecule has 5 nitrogen and oxygen atoms in total. The zero-order valence-electron chi connectivity index (χ0n) is 16.2. The van der Waals surface area contributed by atoms with Gasteiger partial charge in [0.1, 0.15) is 18.2 Å².